The molecule has 0 saturated carbocycles. The molecule has 0 N–H and O–H groups in total. The quantitative estimate of drug-likeness (QED) is 0.776. The molecule has 6 heteroatoms. The van der Waals surface area contributed by atoms with Gasteiger partial charge in [0, 0.05) is 51.8 Å². The van der Waals surface area contributed by atoms with Crippen LogP contribution < -0.4 is 0 Å². The fourth-order valence-electron chi connectivity index (χ4n) is 3.13. The van der Waals surface area contributed by atoms with Gasteiger partial charge < -0.3 is 14.5 Å². The van der Waals surface area contributed by atoms with Gasteiger partial charge in [0.2, 0.25) is 0 Å². The predicted molar refractivity (Wildman–Crippen MR) is 78.3 cm³/mol. The summed E-state index contributed by atoms with van der Waals surface area (Å²) in [6.07, 6.45) is 4.33. The van der Waals surface area contributed by atoms with Crippen molar-refractivity contribution in [2.45, 2.75) is 25.2 Å². The van der Waals surface area contributed by atoms with Crippen LogP contribution >= 0.6 is 0 Å². The number of hydrogen-bond donors (Lipinski definition) is 0. The molecule has 0 aromatic carbocycles. The Morgan fingerprint density at radius 2 is 2.14 bits per heavy atom. The van der Waals surface area contributed by atoms with Crippen molar-refractivity contribution in [2.24, 2.45) is 0 Å². The van der Waals surface area contributed by atoms with Crippen molar-refractivity contribution in [1.29, 1.82) is 0 Å². The maximum absolute atomic E-state index is 12.1. The summed E-state index contributed by atoms with van der Waals surface area (Å²) < 4.78 is 5.49. The lowest BCUT2D eigenvalue weighted by atomic mass is 9.96. The van der Waals surface area contributed by atoms with Crippen LogP contribution in [0.4, 0.5) is 4.79 Å². The number of urea groups is 1. The molecular formula is C15H22N4O2. The fourth-order valence-corrected chi connectivity index (χ4v) is 3.13. The SMILES string of the molecule is CN(C)C(=O)N1CCc2ncnc([C@@H]3CCOC3)c2CC1. The number of hydrogen-bond acceptors (Lipinski definition) is 4. The number of nitrogens with zero attached hydrogens (tertiary/aromatic N) is 4. The minimum atomic E-state index is 0.0708. The van der Waals surface area contributed by atoms with Crippen LogP contribution in [-0.2, 0) is 17.6 Å². The van der Waals surface area contributed by atoms with Crippen molar-refractivity contribution in [1.82, 2.24) is 19.8 Å². The monoisotopic (exact) mass is 290 g/mol. The van der Waals surface area contributed by atoms with Crippen molar-refractivity contribution in [3.63, 3.8) is 0 Å². The van der Waals surface area contributed by atoms with Crippen LogP contribution in [0.25, 0.3) is 0 Å². The molecule has 6 nitrogen and oxygen atoms in total. The van der Waals surface area contributed by atoms with Crippen molar-refractivity contribution in [2.75, 3.05) is 40.4 Å². The highest BCUT2D eigenvalue weighted by atomic mass is 16.5. The molecule has 2 aliphatic rings. The summed E-state index contributed by atoms with van der Waals surface area (Å²) in [7, 11) is 3.59. The van der Waals surface area contributed by atoms with E-state index in [1.54, 1.807) is 25.3 Å². The van der Waals surface area contributed by atoms with Gasteiger partial charge in [-0.05, 0) is 18.4 Å². The average Bonchev–Trinajstić information content (AvgIpc) is 2.92. The zero-order valence-corrected chi connectivity index (χ0v) is 12.7. The van der Waals surface area contributed by atoms with Crippen LogP contribution in [0.2, 0.25) is 0 Å². The van der Waals surface area contributed by atoms with Gasteiger partial charge >= 0.3 is 6.03 Å². The standard InChI is InChI=1S/C15H22N4O2/c1-18(2)15(20)19-6-3-12-13(4-7-19)16-10-17-14(12)11-5-8-21-9-11/h10-11H,3-9H2,1-2H3/t11-/m1/s1. The normalized spacial score (nSPS) is 21.8. The Labute approximate surface area is 125 Å². The first-order valence-corrected chi connectivity index (χ1v) is 7.53. The number of rotatable bonds is 1. The van der Waals surface area contributed by atoms with Gasteiger partial charge in [0.25, 0.3) is 0 Å². The van der Waals surface area contributed by atoms with E-state index in [0.717, 1.165) is 57.0 Å². The lowest BCUT2D eigenvalue weighted by Crippen LogP contribution is -2.40. The van der Waals surface area contributed by atoms with Gasteiger partial charge in [-0.2, -0.15) is 0 Å². The fraction of sp³-hybridized carbons (Fsp3) is 0.667. The molecule has 0 radical (unpaired) electrons. The smallest absolute Gasteiger partial charge is 0.319 e. The first-order chi connectivity index (χ1) is 10.2. The van der Waals surface area contributed by atoms with Gasteiger partial charge in [-0.1, -0.05) is 0 Å². The average molecular weight is 290 g/mol. The Morgan fingerprint density at radius 1 is 1.33 bits per heavy atom. The van der Waals surface area contributed by atoms with Gasteiger partial charge in [-0.25, -0.2) is 14.8 Å². The van der Waals surface area contributed by atoms with E-state index < -0.39 is 0 Å². The minimum Gasteiger partial charge on any atom is -0.381 e. The molecule has 1 atom stereocenters. The Bertz CT molecular complexity index is 526. The molecule has 0 unspecified atom stereocenters. The van der Waals surface area contributed by atoms with E-state index in [2.05, 4.69) is 9.97 Å². The number of carbonyl (C=O) groups is 1. The molecule has 3 heterocycles. The second-order valence-electron chi connectivity index (χ2n) is 5.91. The summed E-state index contributed by atoms with van der Waals surface area (Å²) in [5.74, 6) is 0.387. The zero-order chi connectivity index (χ0) is 14.8. The van der Waals surface area contributed by atoms with Gasteiger partial charge in [-0.3, -0.25) is 0 Å². The molecule has 0 bridgehead atoms. The van der Waals surface area contributed by atoms with Gasteiger partial charge in [-0.15, -0.1) is 0 Å². The van der Waals surface area contributed by atoms with Crippen LogP contribution in [0.1, 0.15) is 29.3 Å². The summed E-state index contributed by atoms with van der Waals surface area (Å²) in [4.78, 5) is 24.6. The highest BCUT2D eigenvalue weighted by Crippen LogP contribution is 2.28. The minimum absolute atomic E-state index is 0.0708. The summed E-state index contributed by atoms with van der Waals surface area (Å²) in [6, 6.07) is 0.0708. The van der Waals surface area contributed by atoms with E-state index in [-0.39, 0.29) is 6.03 Å². The van der Waals surface area contributed by atoms with Crippen molar-refractivity contribution in [3.05, 3.63) is 23.3 Å². The summed E-state index contributed by atoms with van der Waals surface area (Å²) >= 11 is 0. The van der Waals surface area contributed by atoms with Crippen LogP contribution in [0.5, 0.6) is 0 Å². The van der Waals surface area contributed by atoms with E-state index in [1.165, 1.54) is 5.56 Å². The third kappa shape index (κ3) is 2.85. The molecule has 1 aromatic heterocycles. The van der Waals surface area contributed by atoms with E-state index in [1.807, 2.05) is 4.90 Å². The first kappa shape index (κ1) is 14.3. The maximum Gasteiger partial charge on any atom is 0.319 e. The molecule has 1 aromatic rings. The van der Waals surface area contributed by atoms with Gasteiger partial charge in [0.15, 0.2) is 0 Å². The van der Waals surface area contributed by atoms with Crippen LogP contribution in [0.3, 0.4) is 0 Å². The predicted octanol–water partition coefficient (Wildman–Crippen LogP) is 1.06. The topological polar surface area (TPSA) is 58.6 Å². The Balaban J connectivity index is 1.82. The van der Waals surface area contributed by atoms with Crippen LogP contribution in [-0.4, -0.2) is 66.2 Å². The molecular weight excluding hydrogens is 268 g/mol. The van der Waals surface area contributed by atoms with E-state index in [9.17, 15) is 4.79 Å². The largest absolute Gasteiger partial charge is 0.381 e. The summed E-state index contributed by atoms with van der Waals surface area (Å²) in [6.45, 7) is 3.03. The van der Waals surface area contributed by atoms with Crippen molar-refractivity contribution < 1.29 is 9.53 Å². The number of aromatic nitrogens is 2. The van der Waals surface area contributed by atoms with Crippen molar-refractivity contribution >= 4 is 6.03 Å². The molecule has 0 aliphatic carbocycles. The van der Waals surface area contributed by atoms with Crippen LogP contribution in [0.15, 0.2) is 6.33 Å². The Kier molecular flexibility index (Phi) is 4.05. The molecule has 21 heavy (non-hydrogen) atoms. The zero-order valence-electron chi connectivity index (χ0n) is 12.7. The highest BCUT2D eigenvalue weighted by molar-refractivity contribution is 5.74. The van der Waals surface area contributed by atoms with E-state index in [4.69, 9.17) is 4.74 Å². The molecule has 1 fully saturated rings. The molecule has 2 aliphatic heterocycles. The van der Waals surface area contributed by atoms with Crippen molar-refractivity contribution in [3.8, 4) is 0 Å². The number of ether oxygens (including phenoxy) is 1. The molecule has 0 spiro atoms. The molecule has 3 rings (SSSR count). The third-order valence-electron chi connectivity index (χ3n) is 4.29. The van der Waals surface area contributed by atoms with E-state index >= 15 is 0 Å². The number of carbonyl (C=O) groups excluding carboxylic acids is 1. The maximum atomic E-state index is 12.1. The summed E-state index contributed by atoms with van der Waals surface area (Å²) in [5, 5.41) is 0. The van der Waals surface area contributed by atoms with Crippen LogP contribution in [0, 0.1) is 0 Å². The van der Waals surface area contributed by atoms with Gasteiger partial charge in [0.1, 0.15) is 6.33 Å². The molecule has 2 amide bonds. The molecule has 1 saturated heterocycles. The number of amides is 2. The van der Waals surface area contributed by atoms with E-state index in [0.29, 0.717) is 5.92 Å². The Morgan fingerprint density at radius 3 is 2.86 bits per heavy atom. The lowest BCUT2D eigenvalue weighted by Gasteiger charge is -2.24. The third-order valence-corrected chi connectivity index (χ3v) is 4.29. The van der Waals surface area contributed by atoms with Gasteiger partial charge in [0.05, 0.1) is 12.3 Å². The summed E-state index contributed by atoms with van der Waals surface area (Å²) in [5.41, 5.74) is 3.47. The molecule has 114 valence electrons. The Hall–Kier alpha value is -1.69. The second-order valence-corrected chi connectivity index (χ2v) is 5.91. The lowest BCUT2D eigenvalue weighted by molar-refractivity contribution is 0.173. The highest BCUT2D eigenvalue weighted by Gasteiger charge is 2.27. The first-order valence-electron chi connectivity index (χ1n) is 7.53. The second kappa shape index (κ2) is 5.97. The number of fused-ring (bicyclic) bond motifs is 1.